The van der Waals surface area contributed by atoms with Crippen LogP contribution in [0.1, 0.15) is 0 Å². The van der Waals surface area contributed by atoms with E-state index in [0.717, 1.165) is 4.90 Å². The van der Waals surface area contributed by atoms with Gasteiger partial charge < -0.3 is 0 Å². The third kappa shape index (κ3) is 1.10. The highest BCUT2D eigenvalue weighted by atomic mass is 32.1. The lowest BCUT2D eigenvalue weighted by molar-refractivity contribution is 0.605. The van der Waals surface area contributed by atoms with Crippen LogP contribution in [0, 0.1) is 0 Å². The standard InChI is InChI=1S/C6H5OS/c7-8-6-4-2-1-3-5-6/h1-5H/q+1. The van der Waals surface area contributed by atoms with Gasteiger partial charge in [-0.25, -0.2) is 0 Å². The van der Waals surface area contributed by atoms with Crippen molar-refractivity contribution in [2.24, 2.45) is 0 Å². The Morgan fingerprint density at radius 2 is 1.75 bits per heavy atom. The van der Waals surface area contributed by atoms with Gasteiger partial charge in [-0.05, 0) is 0 Å². The van der Waals surface area contributed by atoms with Crippen molar-refractivity contribution in [1.29, 1.82) is 0 Å². The van der Waals surface area contributed by atoms with E-state index in [0.29, 0.717) is 11.7 Å². The topological polar surface area (TPSA) is 17.1 Å². The summed E-state index contributed by atoms with van der Waals surface area (Å²) in [5.74, 6) is 0. The quantitative estimate of drug-likeness (QED) is 0.519. The van der Waals surface area contributed by atoms with E-state index in [4.69, 9.17) is 0 Å². The molecular weight excluding hydrogens is 120 g/mol. The average Bonchev–Trinajstić information content (AvgIpc) is 1.90. The number of hydrogen-bond acceptors (Lipinski definition) is 1. The molecule has 0 aliphatic rings. The number of hydrogen-bond donors (Lipinski definition) is 0. The van der Waals surface area contributed by atoms with Crippen molar-refractivity contribution in [1.82, 2.24) is 0 Å². The van der Waals surface area contributed by atoms with E-state index in [1.165, 1.54) is 0 Å². The van der Waals surface area contributed by atoms with Crippen LogP contribution in [0.15, 0.2) is 35.2 Å². The lowest BCUT2D eigenvalue weighted by atomic mass is 10.4. The van der Waals surface area contributed by atoms with Crippen molar-refractivity contribution in [3.05, 3.63) is 30.3 Å². The first-order valence-corrected chi connectivity index (χ1v) is 3.02. The smallest absolute Gasteiger partial charge is 0.0619 e. The molecule has 0 saturated heterocycles. The monoisotopic (exact) mass is 125 g/mol. The van der Waals surface area contributed by atoms with Crippen LogP contribution in [0.4, 0.5) is 0 Å². The average molecular weight is 125 g/mol. The summed E-state index contributed by atoms with van der Waals surface area (Å²) in [5.41, 5.74) is 0. The Balaban J connectivity index is 2.99. The van der Waals surface area contributed by atoms with Crippen molar-refractivity contribution < 1.29 is 4.21 Å². The Labute approximate surface area is 51.8 Å². The molecule has 0 fully saturated rings. The van der Waals surface area contributed by atoms with Crippen molar-refractivity contribution in [3.63, 3.8) is 0 Å². The normalized spacial score (nSPS) is 8.50. The van der Waals surface area contributed by atoms with Crippen molar-refractivity contribution >= 4 is 11.7 Å². The zero-order chi connectivity index (χ0) is 5.82. The Morgan fingerprint density at radius 1 is 1.12 bits per heavy atom. The molecule has 1 rings (SSSR count). The van der Waals surface area contributed by atoms with Gasteiger partial charge in [-0.2, -0.15) is 0 Å². The largest absolute Gasteiger partial charge is 0.505 e. The molecule has 40 valence electrons. The Morgan fingerprint density at radius 3 is 2.12 bits per heavy atom. The molecule has 8 heavy (non-hydrogen) atoms. The summed E-state index contributed by atoms with van der Waals surface area (Å²) in [7, 11) is 0. The summed E-state index contributed by atoms with van der Waals surface area (Å²) in [6.07, 6.45) is 0. The minimum atomic E-state index is 0.519. The zero-order valence-corrected chi connectivity index (χ0v) is 5.02. The lowest BCUT2D eigenvalue weighted by Gasteiger charge is -1.70. The SMILES string of the molecule is O=[S+]c1ccccc1. The van der Waals surface area contributed by atoms with Gasteiger partial charge in [0.1, 0.15) is 0 Å². The molecule has 1 nitrogen and oxygen atoms in total. The Kier molecular flexibility index (Phi) is 1.70. The third-order valence-electron chi connectivity index (χ3n) is 0.839. The molecule has 1 aromatic rings. The van der Waals surface area contributed by atoms with E-state index >= 15 is 0 Å². The maximum absolute atomic E-state index is 10.0. The lowest BCUT2D eigenvalue weighted by Crippen LogP contribution is -1.66. The van der Waals surface area contributed by atoms with Crippen LogP contribution in [0.25, 0.3) is 0 Å². The molecule has 0 aliphatic heterocycles. The van der Waals surface area contributed by atoms with E-state index in [2.05, 4.69) is 0 Å². The van der Waals surface area contributed by atoms with Gasteiger partial charge in [0, 0.05) is 16.3 Å². The number of rotatable bonds is 1. The van der Waals surface area contributed by atoms with Crippen molar-refractivity contribution in [3.8, 4) is 0 Å². The second-order valence-electron chi connectivity index (χ2n) is 1.40. The maximum atomic E-state index is 10.0. The fourth-order valence-corrected chi connectivity index (χ4v) is 0.744. The molecule has 0 amide bonds. The van der Waals surface area contributed by atoms with Crippen LogP contribution in [0.5, 0.6) is 0 Å². The summed E-state index contributed by atoms with van der Waals surface area (Å²) in [5, 5.41) is 0. The molecule has 0 N–H and O–H groups in total. The molecule has 1 aromatic carbocycles. The van der Waals surface area contributed by atoms with Gasteiger partial charge in [-0.1, -0.05) is 18.2 Å². The summed E-state index contributed by atoms with van der Waals surface area (Å²) >= 11 is 0.519. The second-order valence-corrected chi connectivity index (χ2v) is 2.03. The van der Waals surface area contributed by atoms with E-state index in [1.807, 2.05) is 18.2 Å². The molecule has 0 atom stereocenters. The summed E-state index contributed by atoms with van der Waals surface area (Å²) in [6, 6.07) is 9.16. The van der Waals surface area contributed by atoms with Crippen molar-refractivity contribution in [2.75, 3.05) is 0 Å². The van der Waals surface area contributed by atoms with Crippen LogP contribution in [-0.2, 0) is 15.9 Å². The fourth-order valence-electron chi connectivity index (χ4n) is 0.476. The first-order valence-electron chi connectivity index (χ1n) is 2.28. The second kappa shape index (κ2) is 2.52. The molecule has 0 saturated carbocycles. The van der Waals surface area contributed by atoms with Crippen molar-refractivity contribution in [2.45, 2.75) is 4.90 Å². The zero-order valence-electron chi connectivity index (χ0n) is 4.20. The van der Waals surface area contributed by atoms with Gasteiger partial charge in [0.05, 0.1) is 0 Å². The van der Waals surface area contributed by atoms with Gasteiger partial charge in [0.25, 0.3) is 4.90 Å². The van der Waals surface area contributed by atoms with Crippen LogP contribution >= 0.6 is 0 Å². The Hall–Kier alpha value is -0.760. The minimum absolute atomic E-state index is 0.519. The highest BCUT2D eigenvalue weighted by molar-refractivity contribution is 7.65. The van der Waals surface area contributed by atoms with Crippen LogP contribution in [-0.4, -0.2) is 0 Å². The van der Waals surface area contributed by atoms with Gasteiger partial charge in [0.15, 0.2) is 0 Å². The molecular formula is C6H5OS+. The first kappa shape index (κ1) is 5.38. The molecule has 0 aliphatic carbocycles. The minimum Gasteiger partial charge on any atom is -0.0619 e. The third-order valence-corrected chi connectivity index (χ3v) is 1.30. The molecule has 0 aromatic heterocycles. The van der Waals surface area contributed by atoms with Crippen LogP contribution in [0.2, 0.25) is 0 Å². The van der Waals surface area contributed by atoms with E-state index in [-0.39, 0.29) is 0 Å². The van der Waals surface area contributed by atoms with Crippen LogP contribution in [0.3, 0.4) is 0 Å². The summed E-state index contributed by atoms with van der Waals surface area (Å²) < 4.78 is 10.0. The molecule has 2 heteroatoms. The summed E-state index contributed by atoms with van der Waals surface area (Å²) in [6.45, 7) is 0. The van der Waals surface area contributed by atoms with Gasteiger partial charge in [-0.3, -0.25) is 0 Å². The molecule has 0 unspecified atom stereocenters. The molecule has 0 radical (unpaired) electrons. The highest BCUT2D eigenvalue weighted by Crippen LogP contribution is 1.95. The predicted octanol–water partition coefficient (Wildman–Crippen LogP) is 1.47. The van der Waals surface area contributed by atoms with Gasteiger partial charge >= 0.3 is 11.7 Å². The first-order chi connectivity index (χ1) is 3.93. The highest BCUT2D eigenvalue weighted by Gasteiger charge is 1.99. The Bertz CT molecular complexity index is 171. The van der Waals surface area contributed by atoms with E-state index in [1.54, 1.807) is 12.1 Å². The number of benzene rings is 1. The molecule has 0 spiro atoms. The maximum Gasteiger partial charge on any atom is 0.505 e. The summed E-state index contributed by atoms with van der Waals surface area (Å²) in [4.78, 5) is 0.771. The molecule has 0 bridgehead atoms. The van der Waals surface area contributed by atoms with Crippen LogP contribution < -0.4 is 0 Å². The predicted molar refractivity (Wildman–Crippen MR) is 32.8 cm³/mol. The van der Waals surface area contributed by atoms with Gasteiger partial charge in [0.2, 0.25) is 0 Å². The van der Waals surface area contributed by atoms with E-state index in [9.17, 15) is 4.21 Å². The fraction of sp³-hybridized carbons (Fsp3) is 0. The molecule has 0 heterocycles. The van der Waals surface area contributed by atoms with E-state index < -0.39 is 0 Å². The van der Waals surface area contributed by atoms with Gasteiger partial charge in [-0.15, -0.1) is 0 Å².